The molecule has 0 saturated heterocycles. The average Bonchev–Trinajstić information content (AvgIpc) is 3.27. The minimum absolute atomic E-state index is 0.0369. The molecule has 0 aliphatic heterocycles. The van der Waals surface area contributed by atoms with E-state index in [1.165, 1.54) is 12.1 Å². The van der Waals surface area contributed by atoms with Crippen LogP contribution in [-0.2, 0) is 11.3 Å². The van der Waals surface area contributed by atoms with Crippen molar-refractivity contribution < 1.29 is 9.18 Å². The maximum atomic E-state index is 13.6. The number of rotatable bonds is 5. The molecule has 2 aromatic heterocycles. The number of amides is 1. The summed E-state index contributed by atoms with van der Waals surface area (Å²) in [5.74, 6) is -0.656. The Morgan fingerprint density at radius 1 is 1.13 bits per heavy atom. The Hall–Kier alpha value is -3.74. The third-order valence-corrected chi connectivity index (χ3v) is 5.04. The van der Waals surface area contributed by atoms with E-state index < -0.39 is 5.82 Å². The summed E-state index contributed by atoms with van der Waals surface area (Å²) in [6.45, 7) is 5.72. The lowest BCUT2D eigenvalue weighted by atomic mass is 10.0. The molecule has 0 fully saturated rings. The summed E-state index contributed by atoms with van der Waals surface area (Å²) in [6.07, 6.45) is 1.65. The van der Waals surface area contributed by atoms with Crippen LogP contribution in [0, 0.1) is 26.6 Å². The monoisotopic (exact) mass is 403 g/mol. The van der Waals surface area contributed by atoms with Gasteiger partial charge in [-0.25, -0.2) is 9.37 Å². The molecule has 6 nitrogen and oxygen atoms in total. The molecular weight excluding hydrogens is 381 g/mol. The quantitative estimate of drug-likeness (QED) is 0.510. The summed E-state index contributed by atoms with van der Waals surface area (Å²) in [5.41, 5.74) is 6.44. The van der Waals surface area contributed by atoms with Crippen LogP contribution in [-0.4, -0.2) is 25.7 Å². The first-order valence-electron chi connectivity index (χ1n) is 9.62. The predicted molar refractivity (Wildman–Crippen MR) is 114 cm³/mol. The lowest BCUT2D eigenvalue weighted by Crippen LogP contribution is -2.19. The van der Waals surface area contributed by atoms with E-state index in [1.807, 2.05) is 51.1 Å². The second-order valence-electron chi connectivity index (χ2n) is 7.25. The molecule has 30 heavy (non-hydrogen) atoms. The Bertz CT molecular complexity index is 1190. The van der Waals surface area contributed by atoms with Crippen LogP contribution in [0.25, 0.3) is 22.5 Å². The smallest absolute Gasteiger partial charge is 0.244 e. The topological polar surface area (TPSA) is 75.6 Å². The second-order valence-corrected chi connectivity index (χ2v) is 7.25. The van der Waals surface area contributed by atoms with E-state index in [2.05, 4.69) is 20.5 Å². The number of aryl methyl sites for hydroxylation is 3. The number of imidazole rings is 1. The molecule has 0 saturated carbocycles. The molecule has 2 aromatic carbocycles. The first-order chi connectivity index (χ1) is 14.4. The minimum atomic E-state index is -0.393. The van der Waals surface area contributed by atoms with Crippen LogP contribution in [0.15, 0.2) is 54.9 Å². The Morgan fingerprint density at radius 2 is 1.90 bits per heavy atom. The van der Waals surface area contributed by atoms with Gasteiger partial charge in [0.05, 0.1) is 23.4 Å². The van der Waals surface area contributed by atoms with Gasteiger partial charge < -0.3 is 9.88 Å². The van der Waals surface area contributed by atoms with Crippen LogP contribution in [0.1, 0.15) is 17.0 Å². The third kappa shape index (κ3) is 3.74. The van der Waals surface area contributed by atoms with Crippen molar-refractivity contribution in [1.82, 2.24) is 19.7 Å². The number of H-pyrrole nitrogens is 1. The Kier molecular flexibility index (Phi) is 5.18. The summed E-state index contributed by atoms with van der Waals surface area (Å²) < 4.78 is 15.4. The van der Waals surface area contributed by atoms with Gasteiger partial charge in [0, 0.05) is 22.5 Å². The molecule has 4 rings (SSSR count). The highest BCUT2D eigenvalue weighted by Crippen LogP contribution is 2.34. The standard InChI is InChI=1S/C23H22FN5O/c1-14-9-10-18(24)11-19(14)26-20(30)12-29-13-25-22(17-7-5-4-6-8-17)23(29)21-15(2)27-28-16(21)3/h4-11,13H,12H2,1-3H3,(H,26,30)(H,27,28). The zero-order valence-electron chi connectivity index (χ0n) is 17.0. The largest absolute Gasteiger partial charge is 0.324 e. The van der Waals surface area contributed by atoms with Gasteiger partial charge >= 0.3 is 0 Å². The summed E-state index contributed by atoms with van der Waals surface area (Å²) in [5, 5.41) is 10.1. The van der Waals surface area contributed by atoms with Crippen molar-refractivity contribution in [2.75, 3.05) is 5.32 Å². The number of nitrogens with one attached hydrogen (secondary N) is 2. The number of anilines is 1. The summed E-state index contributed by atoms with van der Waals surface area (Å²) in [4.78, 5) is 17.4. The lowest BCUT2D eigenvalue weighted by Gasteiger charge is -2.12. The van der Waals surface area contributed by atoms with Crippen molar-refractivity contribution in [3.05, 3.63) is 77.6 Å². The van der Waals surface area contributed by atoms with Gasteiger partial charge in [-0.05, 0) is 38.5 Å². The van der Waals surface area contributed by atoms with E-state index in [9.17, 15) is 9.18 Å². The SMILES string of the molecule is Cc1ccc(F)cc1NC(=O)Cn1cnc(-c2ccccc2)c1-c1c(C)n[nH]c1C. The van der Waals surface area contributed by atoms with Gasteiger partial charge in [0.1, 0.15) is 12.4 Å². The summed E-state index contributed by atoms with van der Waals surface area (Å²) in [6, 6.07) is 14.1. The Balaban J connectivity index is 1.72. The zero-order valence-corrected chi connectivity index (χ0v) is 17.0. The molecule has 0 bridgehead atoms. The molecule has 2 N–H and O–H groups in total. The molecule has 1 amide bonds. The highest BCUT2D eigenvalue weighted by atomic mass is 19.1. The minimum Gasteiger partial charge on any atom is -0.324 e. The predicted octanol–water partition coefficient (Wildman–Crippen LogP) is 4.64. The number of benzene rings is 2. The zero-order chi connectivity index (χ0) is 21.3. The van der Waals surface area contributed by atoms with Crippen molar-refractivity contribution in [3.8, 4) is 22.5 Å². The highest BCUT2D eigenvalue weighted by molar-refractivity contribution is 5.92. The number of aromatic nitrogens is 4. The molecule has 7 heteroatoms. The van der Waals surface area contributed by atoms with Crippen molar-refractivity contribution in [1.29, 1.82) is 0 Å². The van der Waals surface area contributed by atoms with Gasteiger partial charge in [-0.2, -0.15) is 5.10 Å². The van der Waals surface area contributed by atoms with Crippen molar-refractivity contribution in [2.24, 2.45) is 0 Å². The molecule has 152 valence electrons. The van der Waals surface area contributed by atoms with Gasteiger partial charge in [0.2, 0.25) is 5.91 Å². The van der Waals surface area contributed by atoms with Crippen molar-refractivity contribution in [3.63, 3.8) is 0 Å². The van der Waals surface area contributed by atoms with Gasteiger partial charge in [-0.15, -0.1) is 0 Å². The first-order valence-corrected chi connectivity index (χ1v) is 9.62. The van der Waals surface area contributed by atoms with Crippen LogP contribution in [0.2, 0.25) is 0 Å². The van der Waals surface area contributed by atoms with Crippen molar-refractivity contribution in [2.45, 2.75) is 27.3 Å². The second kappa shape index (κ2) is 7.94. The van der Waals surface area contributed by atoms with Gasteiger partial charge in [0.15, 0.2) is 0 Å². The van der Waals surface area contributed by atoms with E-state index in [-0.39, 0.29) is 12.5 Å². The molecule has 0 atom stereocenters. The normalized spacial score (nSPS) is 10.9. The number of hydrogen-bond donors (Lipinski definition) is 2. The number of halogens is 1. The van der Waals surface area contributed by atoms with E-state index in [1.54, 1.807) is 17.0 Å². The third-order valence-electron chi connectivity index (χ3n) is 5.04. The maximum absolute atomic E-state index is 13.6. The lowest BCUT2D eigenvalue weighted by molar-refractivity contribution is -0.116. The molecule has 0 aliphatic rings. The number of nitrogens with zero attached hydrogens (tertiary/aromatic N) is 3. The van der Waals surface area contributed by atoms with Crippen molar-refractivity contribution >= 4 is 11.6 Å². The fourth-order valence-corrected chi connectivity index (χ4v) is 3.54. The fourth-order valence-electron chi connectivity index (χ4n) is 3.54. The molecule has 0 spiro atoms. The van der Waals surface area contributed by atoms with Crippen LogP contribution >= 0.6 is 0 Å². The maximum Gasteiger partial charge on any atom is 0.244 e. The number of aromatic amines is 1. The highest BCUT2D eigenvalue weighted by Gasteiger charge is 2.21. The summed E-state index contributed by atoms with van der Waals surface area (Å²) in [7, 11) is 0. The molecular formula is C23H22FN5O. The van der Waals surface area contributed by atoms with E-state index >= 15 is 0 Å². The van der Waals surface area contributed by atoms with Gasteiger partial charge in [-0.3, -0.25) is 9.89 Å². The van der Waals surface area contributed by atoms with E-state index in [4.69, 9.17) is 0 Å². The van der Waals surface area contributed by atoms with Crippen LogP contribution < -0.4 is 5.32 Å². The molecule has 0 unspecified atom stereocenters. The Labute approximate surface area is 173 Å². The molecule has 0 radical (unpaired) electrons. The number of carbonyl (C=O) groups excluding carboxylic acids is 1. The molecule has 0 aliphatic carbocycles. The first kappa shape index (κ1) is 19.6. The molecule has 2 heterocycles. The average molecular weight is 403 g/mol. The van der Waals surface area contributed by atoms with Gasteiger partial charge in [0.25, 0.3) is 0 Å². The number of carbonyl (C=O) groups is 1. The van der Waals surface area contributed by atoms with E-state index in [0.717, 1.165) is 39.5 Å². The van der Waals surface area contributed by atoms with Crippen LogP contribution in [0.5, 0.6) is 0 Å². The van der Waals surface area contributed by atoms with Crippen LogP contribution in [0.3, 0.4) is 0 Å². The summed E-state index contributed by atoms with van der Waals surface area (Å²) >= 11 is 0. The molecule has 4 aromatic rings. The Morgan fingerprint density at radius 3 is 2.60 bits per heavy atom. The number of hydrogen-bond acceptors (Lipinski definition) is 3. The fraction of sp³-hybridized carbons (Fsp3) is 0.174. The van der Waals surface area contributed by atoms with Gasteiger partial charge in [-0.1, -0.05) is 36.4 Å². The van der Waals surface area contributed by atoms with Crippen LogP contribution in [0.4, 0.5) is 10.1 Å². The van der Waals surface area contributed by atoms with E-state index in [0.29, 0.717) is 5.69 Å².